The highest BCUT2D eigenvalue weighted by atomic mass is 32.2. The summed E-state index contributed by atoms with van der Waals surface area (Å²) in [7, 11) is -8.09. The summed E-state index contributed by atoms with van der Waals surface area (Å²) in [5.74, 6) is -2.72. The first kappa shape index (κ1) is 18.8. The largest absolute Gasteiger partial charge is 0.480 e. The normalized spacial score (nSPS) is 29.1. The highest BCUT2D eigenvalue weighted by Crippen LogP contribution is 2.46. The minimum absolute atomic E-state index is 0.420. The van der Waals surface area contributed by atoms with Gasteiger partial charge >= 0.3 is 5.97 Å². The molecule has 2 aliphatic rings. The summed E-state index contributed by atoms with van der Waals surface area (Å²) in [5, 5.41) is 7.82. The molecule has 11 heteroatoms. The van der Waals surface area contributed by atoms with Crippen molar-refractivity contribution in [2.45, 2.75) is 41.8 Å². The minimum Gasteiger partial charge on any atom is -0.480 e. The maximum atomic E-state index is 12.7. The van der Waals surface area contributed by atoms with Crippen LogP contribution in [0.15, 0.2) is 30.3 Å². The summed E-state index contributed by atoms with van der Waals surface area (Å²) < 4.78 is 50.5. The number of carboxylic acids is 1. The zero-order valence-corrected chi connectivity index (χ0v) is 15.6. The third-order valence-electron chi connectivity index (χ3n) is 4.81. The molecule has 0 saturated carbocycles. The molecule has 2 fully saturated rings. The number of carboxylic acid groups (broad SMARTS) is 1. The van der Waals surface area contributed by atoms with Gasteiger partial charge in [-0.05, 0) is 19.4 Å². The molecule has 2 saturated heterocycles. The van der Waals surface area contributed by atoms with Gasteiger partial charge in [-0.1, -0.05) is 30.3 Å². The van der Waals surface area contributed by atoms with Crippen LogP contribution in [-0.4, -0.2) is 60.9 Å². The second kappa shape index (κ2) is 5.76. The number of carbonyl (C=O) groups is 2. The molecule has 26 heavy (non-hydrogen) atoms. The summed E-state index contributed by atoms with van der Waals surface area (Å²) >= 11 is 0. The first-order chi connectivity index (χ1) is 11.9. The van der Waals surface area contributed by atoms with E-state index in [9.17, 15) is 31.5 Å². The van der Waals surface area contributed by atoms with Gasteiger partial charge in [-0.2, -0.15) is 4.72 Å². The molecular weight excluding hydrogens is 384 g/mol. The van der Waals surface area contributed by atoms with Gasteiger partial charge in [-0.15, -0.1) is 0 Å². The second-order valence-electron chi connectivity index (χ2n) is 6.87. The van der Waals surface area contributed by atoms with Gasteiger partial charge in [0.25, 0.3) is 0 Å². The Kier molecular flexibility index (Phi) is 4.17. The lowest BCUT2D eigenvalue weighted by Crippen LogP contribution is -2.72. The number of sulfonamides is 1. The molecule has 0 aromatic heterocycles. The number of amides is 1. The van der Waals surface area contributed by atoms with E-state index < -0.39 is 59.7 Å². The Morgan fingerprint density at radius 2 is 1.85 bits per heavy atom. The SMILES string of the molecule is CC1(C)[C@H](C(=O)O)N2C(=O)[C@@H](NS(=O)(=O)Cc3ccccc3)[C@H]2S1(=O)=O. The average molecular weight is 402 g/mol. The van der Waals surface area contributed by atoms with Gasteiger partial charge in [0.15, 0.2) is 15.2 Å². The van der Waals surface area contributed by atoms with Gasteiger partial charge in [0, 0.05) is 0 Å². The van der Waals surface area contributed by atoms with Crippen LogP contribution in [0.5, 0.6) is 0 Å². The molecule has 0 unspecified atom stereocenters. The van der Waals surface area contributed by atoms with Crippen molar-refractivity contribution in [3.8, 4) is 0 Å². The molecule has 2 heterocycles. The molecule has 142 valence electrons. The maximum Gasteiger partial charge on any atom is 0.328 e. The van der Waals surface area contributed by atoms with E-state index >= 15 is 0 Å². The maximum absolute atomic E-state index is 12.7. The Bertz CT molecular complexity index is 971. The zero-order chi connectivity index (χ0) is 19.5. The number of β-lactam (4-membered cyclic amide) rings is 1. The van der Waals surface area contributed by atoms with E-state index in [2.05, 4.69) is 4.72 Å². The average Bonchev–Trinajstić information content (AvgIpc) is 2.67. The molecule has 1 aromatic rings. The number of nitrogens with one attached hydrogen (secondary N) is 1. The standard InChI is InChI=1S/C15H18N2O7S2/c1-15(2)11(14(19)20)17-12(18)10(13(17)26(15,23)24)16-25(21,22)8-9-6-4-3-5-7-9/h3-7,10-11,13,16H,8H2,1-2H3,(H,19,20)/t10-,11+,13-/m1/s1. The molecule has 2 N–H and O–H groups in total. The number of rotatable bonds is 5. The molecule has 3 rings (SSSR count). The first-order valence-corrected chi connectivity index (χ1v) is 10.9. The number of nitrogens with zero attached hydrogens (tertiary/aromatic N) is 1. The number of benzene rings is 1. The van der Waals surface area contributed by atoms with Gasteiger partial charge in [-0.3, -0.25) is 4.79 Å². The first-order valence-electron chi connectivity index (χ1n) is 7.72. The van der Waals surface area contributed by atoms with Crippen LogP contribution in [0, 0.1) is 0 Å². The zero-order valence-electron chi connectivity index (χ0n) is 14.0. The summed E-state index contributed by atoms with van der Waals surface area (Å²) in [6.45, 7) is 2.45. The lowest BCUT2D eigenvalue weighted by molar-refractivity contribution is -0.159. The van der Waals surface area contributed by atoms with Crippen LogP contribution >= 0.6 is 0 Å². The molecule has 1 aromatic carbocycles. The third kappa shape index (κ3) is 2.61. The number of hydrogen-bond donors (Lipinski definition) is 2. The van der Waals surface area contributed by atoms with Crippen molar-refractivity contribution in [2.75, 3.05) is 0 Å². The highest BCUT2D eigenvalue weighted by Gasteiger charge is 2.72. The predicted molar refractivity (Wildman–Crippen MR) is 91.0 cm³/mol. The molecule has 3 atom stereocenters. The highest BCUT2D eigenvalue weighted by molar-refractivity contribution is 7.94. The van der Waals surface area contributed by atoms with Crippen LogP contribution in [0.1, 0.15) is 19.4 Å². The van der Waals surface area contributed by atoms with E-state index in [1.54, 1.807) is 30.3 Å². The molecule has 0 bridgehead atoms. The van der Waals surface area contributed by atoms with Crippen molar-refractivity contribution in [1.29, 1.82) is 0 Å². The minimum atomic E-state index is -4.09. The van der Waals surface area contributed by atoms with Crippen LogP contribution in [0.3, 0.4) is 0 Å². The lowest BCUT2D eigenvalue weighted by atomic mass is 9.96. The predicted octanol–water partition coefficient (Wildman–Crippen LogP) is -0.697. The summed E-state index contributed by atoms with van der Waals surface area (Å²) in [6.07, 6.45) is 0. The van der Waals surface area contributed by atoms with Crippen molar-refractivity contribution >= 4 is 31.7 Å². The van der Waals surface area contributed by atoms with Crippen molar-refractivity contribution < 1.29 is 31.5 Å². The van der Waals surface area contributed by atoms with E-state index in [-0.39, 0.29) is 0 Å². The van der Waals surface area contributed by atoms with Gasteiger partial charge in [0.2, 0.25) is 15.9 Å². The fourth-order valence-corrected chi connectivity index (χ4v) is 7.08. The van der Waals surface area contributed by atoms with Gasteiger partial charge in [0.05, 0.1) is 5.75 Å². The summed E-state index contributed by atoms with van der Waals surface area (Å²) in [4.78, 5) is 24.6. The topological polar surface area (TPSA) is 138 Å². The molecule has 0 radical (unpaired) electrons. The second-order valence-corrected chi connectivity index (χ2v) is 11.2. The Morgan fingerprint density at radius 1 is 1.27 bits per heavy atom. The molecular formula is C15H18N2O7S2. The Labute approximate surface area is 151 Å². The van der Waals surface area contributed by atoms with E-state index in [0.29, 0.717) is 5.56 Å². The Morgan fingerprint density at radius 3 is 2.38 bits per heavy atom. The Hall–Kier alpha value is -1.98. The van der Waals surface area contributed by atoms with Crippen molar-refractivity contribution in [1.82, 2.24) is 9.62 Å². The van der Waals surface area contributed by atoms with Crippen LogP contribution in [0.25, 0.3) is 0 Å². The quantitative estimate of drug-likeness (QED) is 0.621. The van der Waals surface area contributed by atoms with E-state index in [0.717, 1.165) is 4.90 Å². The fraction of sp³-hybridized carbons (Fsp3) is 0.467. The lowest BCUT2D eigenvalue weighted by Gasteiger charge is -2.42. The molecule has 0 aliphatic carbocycles. The van der Waals surface area contributed by atoms with Crippen LogP contribution in [-0.2, 0) is 35.2 Å². The van der Waals surface area contributed by atoms with Crippen LogP contribution in [0.4, 0.5) is 0 Å². The van der Waals surface area contributed by atoms with E-state index in [4.69, 9.17) is 0 Å². The molecule has 0 spiro atoms. The molecule has 1 amide bonds. The number of hydrogen-bond acceptors (Lipinski definition) is 6. The van der Waals surface area contributed by atoms with Crippen LogP contribution < -0.4 is 4.72 Å². The Balaban J connectivity index is 1.88. The monoisotopic (exact) mass is 402 g/mol. The number of carbonyl (C=O) groups excluding carboxylic acids is 1. The number of fused-ring (bicyclic) bond motifs is 1. The van der Waals surface area contributed by atoms with Crippen molar-refractivity contribution in [3.05, 3.63) is 35.9 Å². The summed E-state index contributed by atoms with van der Waals surface area (Å²) in [5.41, 5.74) is 0.474. The number of sulfone groups is 1. The molecule has 9 nitrogen and oxygen atoms in total. The van der Waals surface area contributed by atoms with Gasteiger partial charge in [0.1, 0.15) is 16.8 Å². The molecule has 2 aliphatic heterocycles. The summed E-state index contributed by atoms with van der Waals surface area (Å²) in [6, 6.07) is 5.13. The number of aliphatic carboxylic acids is 1. The van der Waals surface area contributed by atoms with E-state index in [1.165, 1.54) is 13.8 Å². The smallest absolute Gasteiger partial charge is 0.328 e. The third-order valence-corrected chi connectivity index (χ3v) is 8.96. The van der Waals surface area contributed by atoms with E-state index in [1.807, 2.05) is 0 Å². The fourth-order valence-electron chi connectivity index (χ4n) is 3.44. The van der Waals surface area contributed by atoms with Gasteiger partial charge in [-0.25, -0.2) is 21.6 Å². The van der Waals surface area contributed by atoms with Crippen molar-refractivity contribution in [3.63, 3.8) is 0 Å². The van der Waals surface area contributed by atoms with Gasteiger partial charge < -0.3 is 10.0 Å². The van der Waals surface area contributed by atoms with Crippen LogP contribution in [0.2, 0.25) is 0 Å². The van der Waals surface area contributed by atoms with Crippen molar-refractivity contribution in [2.24, 2.45) is 0 Å².